The third kappa shape index (κ3) is 2.66. The van der Waals surface area contributed by atoms with Crippen LogP contribution in [0.5, 0.6) is 0 Å². The van der Waals surface area contributed by atoms with E-state index in [1.807, 2.05) is 0 Å². The third-order valence-electron chi connectivity index (χ3n) is 6.48. The van der Waals surface area contributed by atoms with Crippen LogP contribution in [-0.4, -0.2) is 42.9 Å². The first-order valence-electron chi connectivity index (χ1n) is 8.73. The van der Waals surface area contributed by atoms with Crippen molar-refractivity contribution in [3.05, 3.63) is 0 Å². The van der Waals surface area contributed by atoms with Crippen molar-refractivity contribution in [1.29, 1.82) is 0 Å². The first kappa shape index (κ1) is 16.2. The van der Waals surface area contributed by atoms with Gasteiger partial charge in [0, 0.05) is 12.8 Å². The summed E-state index contributed by atoms with van der Waals surface area (Å²) in [6.07, 6.45) is 18.8. The van der Waals surface area contributed by atoms with Crippen LogP contribution in [0.1, 0.15) is 65.2 Å². The summed E-state index contributed by atoms with van der Waals surface area (Å²) in [4.78, 5) is 0.921. The van der Waals surface area contributed by atoms with Gasteiger partial charge in [0.2, 0.25) is 0 Å². The number of unbranched alkanes of at least 4 members (excludes halogenated alkanes) is 2. The van der Waals surface area contributed by atoms with E-state index in [4.69, 9.17) is 0 Å². The maximum Gasteiger partial charge on any atom is 0.177 e. The van der Waals surface area contributed by atoms with Crippen LogP contribution in [0, 0.1) is 0 Å². The van der Waals surface area contributed by atoms with Gasteiger partial charge in [-0.3, -0.25) is 0 Å². The molecule has 2 aliphatic heterocycles. The molecule has 0 bridgehead atoms. The van der Waals surface area contributed by atoms with E-state index in [-0.39, 0.29) is 0 Å². The average molecular weight is 302 g/mol. The van der Waals surface area contributed by atoms with Crippen molar-refractivity contribution in [2.45, 2.75) is 70.1 Å². The molecular weight excluding hydrogens is 266 g/mol. The standard InChI is InChI=1S/C17H36P2/c1-5-7-13-18(3)15-9-11-17(18)12-10-16-19(17,4)14-8-6-2/h5-16H2,1-4H3/q+2. The highest BCUT2D eigenvalue weighted by Gasteiger charge is 2.72. The number of hydrogen-bond donors (Lipinski definition) is 0. The smallest absolute Gasteiger partial charge is 0.0652 e. The quantitative estimate of drug-likeness (QED) is 0.515. The summed E-state index contributed by atoms with van der Waals surface area (Å²) in [5, 5.41) is 0. The Bertz CT molecular complexity index is 272. The molecule has 0 aromatic heterocycles. The van der Waals surface area contributed by atoms with Crippen molar-refractivity contribution >= 4 is 14.5 Å². The lowest BCUT2D eigenvalue weighted by atomic mass is 10.2. The minimum Gasteiger partial charge on any atom is -0.0652 e. The predicted octanol–water partition coefficient (Wildman–Crippen LogP) is 6.17. The van der Waals surface area contributed by atoms with Gasteiger partial charge in [0.1, 0.15) is 0 Å². The molecule has 2 heteroatoms. The summed E-state index contributed by atoms with van der Waals surface area (Å²) >= 11 is 0. The molecule has 19 heavy (non-hydrogen) atoms. The van der Waals surface area contributed by atoms with E-state index >= 15 is 0 Å². The van der Waals surface area contributed by atoms with Gasteiger partial charge in [-0.2, -0.15) is 0 Å². The Kier molecular flexibility index (Phi) is 5.40. The summed E-state index contributed by atoms with van der Waals surface area (Å²) < 4.78 is 0. The van der Waals surface area contributed by atoms with Gasteiger partial charge in [0.25, 0.3) is 0 Å². The molecule has 0 N–H and O–H groups in total. The predicted molar refractivity (Wildman–Crippen MR) is 96.2 cm³/mol. The van der Waals surface area contributed by atoms with E-state index in [2.05, 4.69) is 27.2 Å². The molecule has 0 aromatic carbocycles. The van der Waals surface area contributed by atoms with Gasteiger partial charge >= 0.3 is 0 Å². The van der Waals surface area contributed by atoms with E-state index in [1.165, 1.54) is 25.7 Å². The summed E-state index contributed by atoms with van der Waals surface area (Å²) in [5.74, 6) is 0. The van der Waals surface area contributed by atoms with Crippen molar-refractivity contribution in [2.24, 2.45) is 0 Å². The van der Waals surface area contributed by atoms with Crippen LogP contribution in [0.15, 0.2) is 0 Å². The average Bonchev–Trinajstić information content (AvgIpc) is 2.90. The molecule has 2 rings (SSSR count). The molecule has 1 spiro atoms. The Morgan fingerprint density at radius 1 is 0.789 bits per heavy atom. The Hall–Kier alpha value is 0.860. The van der Waals surface area contributed by atoms with Crippen molar-refractivity contribution in [3.63, 3.8) is 0 Å². The van der Waals surface area contributed by atoms with E-state index in [9.17, 15) is 0 Å². The molecule has 2 atom stereocenters. The normalized spacial score (nSPS) is 42.3. The van der Waals surface area contributed by atoms with E-state index in [1.54, 1.807) is 50.3 Å². The summed E-state index contributed by atoms with van der Waals surface area (Å²) in [5.41, 5.74) is 0. The molecule has 2 fully saturated rings. The van der Waals surface area contributed by atoms with Crippen LogP contribution in [0.25, 0.3) is 0 Å². The molecule has 0 aromatic rings. The van der Waals surface area contributed by atoms with E-state index < -0.39 is 14.5 Å². The van der Waals surface area contributed by atoms with Gasteiger partial charge in [-0.15, -0.1) is 0 Å². The zero-order valence-corrected chi connectivity index (χ0v) is 15.7. The van der Waals surface area contributed by atoms with Crippen LogP contribution in [0.3, 0.4) is 0 Å². The minimum atomic E-state index is -0.628. The Morgan fingerprint density at radius 3 is 1.58 bits per heavy atom. The van der Waals surface area contributed by atoms with Crippen molar-refractivity contribution in [3.8, 4) is 0 Å². The van der Waals surface area contributed by atoms with E-state index in [0.717, 1.165) is 4.90 Å². The summed E-state index contributed by atoms with van der Waals surface area (Å²) in [7, 11) is -1.26. The molecule has 0 radical (unpaired) electrons. The molecular formula is C17H36P2+2. The monoisotopic (exact) mass is 302 g/mol. The highest BCUT2D eigenvalue weighted by molar-refractivity contribution is 7.94. The molecule has 2 saturated heterocycles. The second kappa shape index (κ2) is 6.32. The van der Waals surface area contributed by atoms with Crippen LogP contribution in [-0.2, 0) is 0 Å². The molecule has 0 amide bonds. The second-order valence-corrected chi connectivity index (χ2v) is 17.0. The van der Waals surface area contributed by atoms with Gasteiger partial charge in [-0.05, 0) is 25.7 Å². The molecule has 2 unspecified atom stereocenters. The van der Waals surface area contributed by atoms with Gasteiger partial charge < -0.3 is 0 Å². The van der Waals surface area contributed by atoms with Crippen LogP contribution < -0.4 is 0 Å². The van der Waals surface area contributed by atoms with Gasteiger partial charge in [-0.25, -0.2) is 0 Å². The van der Waals surface area contributed by atoms with Gasteiger partial charge in [-0.1, -0.05) is 26.7 Å². The zero-order valence-electron chi connectivity index (χ0n) is 13.9. The highest BCUT2D eigenvalue weighted by atomic mass is 31.2. The number of rotatable bonds is 6. The fraction of sp³-hybridized carbons (Fsp3) is 1.00. The Balaban J connectivity index is 2.22. The lowest BCUT2D eigenvalue weighted by Gasteiger charge is -2.41. The van der Waals surface area contributed by atoms with Gasteiger partial charge in [0.05, 0.1) is 52.5 Å². The van der Waals surface area contributed by atoms with Gasteiger partial charge in [0.15, 0.2) is 4.90 Å². The maximum atomic E-state index is 2.80. The number of hydrogen-bond acceptors (Lipinski definition) is 0. The summed E-state index contributed by atoms with van der Waals surface area (Å²) in [6.45, 7) is 10.4. The first-order valence-corrected chi connectivity index (χ1v) is 13.9. The van der Waals surface area contributed by atoms with E-state index in [0.29, 0.717) is 0 Å². The zero-order chi connectivity index (χ0) is 14.0. The highest BCUT2D eigenvalue weighted by Crippen LogP contribution is 2.92. The first-order chi connectivity index (χ1) is 9.04. The molecule has 0 aliphatic carbocycles. The Morgan fingerprint density at radius 2 is 1.21 bits per heavy atom. The fourth-order valence-corrected chi connectivity index (χ4v) is 19.8. The topological polar surface area (TPSA) is 0 Å². The van der Waals surface area contributed by atoms with Crippen LogP contribution in [0.4, 0.5) is 0 Å². The molecule has 0 nitrogen and oxygen atoms in total. The SMILES string of the molecule is CCCC[P+]1(C)CCCC12CCC[P+]2(C)CCCC. The molecule has 0 saturated carbocycles. The van der Waals surface area contributed by atoms with Crippen molar-refractivity contribution in [1.82, 2.24) is 0 Å². The largest absolute Gasteiger partial charge is 0.177 e. The summed E-state index contributed by atoms with van der Waals surface area (Å²) in [6, 6.07) is 0. The molecule has 112 valence electrons. The lowest BCUT2D eigenvalue weighted by molar-refractivity contribution is 0.674. The molecule has 2 heterocycles. The lowest BCUT2D eigenvalue weighted by Crippen LogP contribution is -2.30. The van der Waals surface area contributed by atoms with Crippen molar-refractivity contribution in [2.75, 3.05) is 38.0 Å². The second-order valence-electron chi connectivity index (χ2n) is 7.58. The maximum absolute atomic E-state index is 2.80. The fourth-order valence-electron chi connectivity index (χ4n) is 5.28. The third-order valence-corrected chi connectivity index (χ3v) is 19.5. The van der Waals surface area contributed by atoms with Crippen LogP contribution >= 0.6 is 14.5 Å². The minimum absolute atomic E-state index is 0.628. The van der Waals surface area contributed by atoms with Crippen LogP contribution in [0.2, 0.25) is 0 Å². The van der Waals surface area contributed by atoms with Crippen molar-refractivity contribution < 1.29 is 0 Å². The molecule has 2 aliphatic rings. The Labute approximate surface area is 123 Å².